The summed E-state index contributed by atoms with van der Waals surface area (Å²) in [5.74, 6) is -0.677. The summed E-state index contributed by atoms with van der Waals surface area (Å²) in [5, 5.41) is 9.62. The maximum Gasteiger partial charge on any atom is 0.257 e. The molecule has 0 atom stereocenters. The Bertz CT molecular complexity index is 1220. The third-order valence-corrected chi connectivity index (χ3v) is 5.58. The van der Waals surface area contributed by atoms with Crippen LogP contribution in [0, 0.1) is 17.1 Å². The second-order valence-corrected chi connectivity index (χ2v) is 7.61. The molecule has 150 valence electrons. The molecule has 8 heteroatoms. The number of anilines is 1. The average molecular weight is 403 g/mol. The number of rotatable bonds is 4. The van der Waals surface area contributed by atoms with Gasteiger partial charge in [0.2, 0.25) is 0 Å². The van der Waals surface area contributed by atoms with E-state index in [9.17, 15) is 9.18 Å². The normalized spacial score (nSPS) is 15.1. The molecule has 7 nitrogen and oxygen atoms in total. The maximum absolute atomic E-state index is 14.9. The highest BCUT2D eigenvalue weighted by Crippen LogP contribution is 2.34. The number of nitrogen functional groups attached to an aromatic ring is 1. The van der Waals surface area contributed by atoms with Crippen molar-refractivity contribution < 1.29 is 13.9 Å². The number of pyridine rings is 2. The lowest BCUT2D eigenvalue weighted by Gasteiger charge is -2.23. The molecule has 30 heavy (non-hydrogen) atoms. The van der Waals surface area contributed by atoms with Gasteiger partial charge >= 0.3 is 0 Å². The molecule has 0 bridgehead atoms. The van der Waals surface area contributed by atoms with Crippen molar-refractivity contribution in [2.75, 3.05) is 5.73 Å². The number of nitrogens with two attached hydrogens (primary N) is 1. The van der Waals surface area contributed by atoms with Crippen molar-refractivity contribution in [3.8, 4) is 6.07 Å². The molecule has 0 spiro atoms. The smallest absolute Gasteiger partial charge is 0.257 e. The predicted molar refractivity (Wildman–Crippen MR) is 106 cm³/mol. The van der Waals surface area contributed by atoms with Crippen molar-refractivity contribution in [3.63, 3.8) is 0 Å². The van der Waals surface area contributed by atoms with Gasteiger partial charge in [-0.2, -0.15) is 5.26 Å². The first-order chi connectivity index (χ1) is 14.5. The Balaban J connectivity index is 1.52. The molecule has 0 radical (unpaired) electrons. The summed E-state index contributed by atoms with van der Waals surface area (Å²) >= 11 is 0. The first kappa shape index (κ1) is 18.5. The molecular formula is C22H18FN5O2. The fourth-order valence-corrected chi connectivity index (χ4v) is 3.82. The molecule has 1 fully saturated rings. The van der Waals surface area contributed by atoms with E-state index in [1.165, 1.54) is 12.3 Å². The zero-order valence-electron chi connectivity index (χ0n) is 16.1. The van der Waals surface area contributed by atoms with Crippen LogP contribution in [0.15, 0.2) is 30.5 Å². The van der Waals surface area contributed by atoms with Crippen molar-refractivity contribution >= 4 is 22.6 Å². The third kappa shape index (κ3) is 3.13. The predicted octanol–water partition coefficient (Wildman–Crippen LogP) is 3.06. The molecule has 1 aliphatic heterocycles. The van der Waals surface area contributed by atoms with Gasteiger partial charge in [-0.05, 0) is 36.6 Å². The molecule has 0 saturated heterocycles. The van der Waals surface area contributed by atoms with Crippen LogP contribution in [-0.4, -0.2) is 26.8 Å². The minimum absolute atomic E-state index is 0.00344. The van der Waals surface area contributed by atoms with Gasteiger partial charge in [0.05, 0.1) is 42.1 Å². The molecule has 3 heterocycles. The molecule has 0 unspecified atom stereocenters. The largest absolute Gasteiger partial charge is 0.383 e. The van der Waals surface area contributed by atoms with Crippen LogP contribution in [-0.2, 0) is 24.5 Å². The summed E-state index contributed by atoms with van der Waals surface area (Å²) in [6.45, 7) is 0.983. The maximum atomic E-state index is 14.9. The van der Waals surface area contributed by atoms with Crippen molar-refractivity contribution in [3.05, 3.63) is 64.2 Å². The number of carbonyl (C=O) groups is 1. The molecule has 2 aromatic heterocycles. The number of nitriles is 1. The fourth-order valence-electron chi connectivity index (χ4n) is 3.82. The Hall–Kier alpha value is -3.57. The Kier molecular flexibility index (Phi) is 4.33. The highest BCUT2D eigenvalue weighted by molar-refractivity contribution is 5.99. The highest BCUT2D eigenvalue weighted by Gasteiger charge is 2.35. The van der Waals surface area contributed by atoms with E-state index in [-0.39, 0.29) is 24.1 Å². The number of fused-ring (bicyclic) bond motifs is 3. The van der Waals surface area contributed by atoms with Gasteiger partial charge in [0.15, 0.2) is 0 Å². The number of hydrogen-bond acceptors (Lipinski definition) is 6. The lowest BCUT2D eigenvalue weighted by atomic mass is 10.0. The first-order valence-electron chi connectivity index (χ1n) is 9.69. The molecule has 1 aliphatic carbocycles. The van der Waals surface area contributed by atoms with E-state index in [0.717, 1.165) is 24.0 Å². The number of benzene rings is 1. The molecular weight excluding hydrogens is 385 g/mol. The number of amides is 1. The van der Waals surface area contributed by atoms with Crippen LogP contribution in [0.1, 0.15) is 45.6 Å². The van der Waals surface area contributed by atoms with Crippen LogP contribution >= 0.6 is 0 Å². The van der Waals surface area contributed by atoms with Gasteiger partial charge in [-0.1, -0.05) is 0 Å². The van der Waals surface area contributed by atoms with Gasteiger partial charge < -0.3 is 15.4 Å². The average Bonchev–Trinajstić information content (AvgIpc) is 3.46. The Morgan fingerprint density at radius 1 is 1.30 bits per heavy atom. The van der Waals surface area contributed by atoms with E-state index in [4.69, 9.17) is 15.7 Å². The van der Waals surface area contributed by atoms with E-state index in [1.54, 1.807) is 23.1 Å². The Morgan fingerprint density at radius 3 is 2.80 bits per heavy atom. The number of ether oxygens (including phenoxy) is 1. The van der Waals surface area contributed by atoms with E-state index < -0.39 is 5.82 Å². The summed E-state index contributed by atoms with van der Waals surface area (Å²) < 4.78 is 20.4. The molecule has 1 saturated carbocycles. The van der Waals surface area contributed by atoms with Crippen molar-refractivity contribution in [1.29, 1.82) is 5.26 Å². The van der Waals surface area contributed by atoms with Crippen molar-refractivity contribution in [2.45, 2.75) is 38.6 Å². The monoisotopic (exact) mass is 403 g/mol. The van der Waals surface area contributed by atoms with Gasteiger partial charge in [-0.25, -0.2) is 9.37 Å². The van der Waals surface area contributed by atoms with Crippen LogP contribution < -0.4 is 5.73 Å². The molecule has 5 rings (SSSR count). The first-order valence-corrected chi connectivity index (χ1v) is 9.69. The minimum Gasteiger partial charge on any atom is -0.383 e. The molecule has 3 aromatic rings. The zero-order chi connectivity index (χ0) is 20.8. The van der Waals surface area contributed by atoms with Crippen LogP contribution in [0.3, 0.4) is 0 Å². The van der Waals surface area contributed by atoms with Gasteiger partial charge in [-0.3, -0.25) is 9.78 Å². The molecule has 2 aliphatic rings. The summed E-state index contributed by atoms with van der Waals surface area (Å²) in [4.78, 5) is 23.5. The topological polar surface area (TPSA) is 105 Å². The van der Waals surface area contributed by atoms with Crippen LogP contribution in [0.5, 0.6) is 0 Å². The van der Waals surface area contributed by atoms with Crippen molar-refractivity contribution in [2.24, 2.45) is 0 Å². The molecule has 1 aromatic carbocycles. The Labute approximate surface area is 171 Å². The zero-order valence-corrected chi connectivity index (χ0v) is 16.1. The number of nitrogens with zero attached hydrogens (tertiary/aromatic N) is 4. The minimum atomic E-state index is -0.628. The second-order valence-electron chi connectivity index (χ2n) is 7.61. The fraction of sp³-hybridized carbons (Fsp3) is 0.273. The van der Waals surface area contributed by atoms with E-state index in [2.05, 4.69) is 9.97 Å². The van der Waals surface area contributed by atoms with Crippen LogP contribution in [0.4, 0.5) is 10.2 Å². The van der Waals surface area contributed by atoms with E-state index in [0.29, 0.717) is 41.2 Å². The lowest BCUT2D eigenvalue weighted by Crippen LogP contribution is -2.33. The summed E-state index contributed by atoms with van der Waals surface area (Å²) in [6, 6.07) is 8.29. The number of carbonyl (C=O) groups excluding carboxylic acids is 1. The lowest BCUT2D eigenvalue weighted by molar-refractivity contribution is 0.0723. The second kappa shape index (κ2) is 7.04. The standard InChI is InChI=1S/C22H18FN5O2/c23-19-6-20-15(17-10-30-11-18(17)21(25)27-20)5-16(19)22(29)28(14-3-4-14)9-13-2-1-12(7-24)8-26-13/h1-2,5-6,8,14H,3-4,9-11H2,(H2,25,27). The summed E-state index contributed by atoms with van der Waals surface area (Å²) in [6.07, 6.45) is 3.22. The summed E-state index contributed by atoms with van der Waals surface area (Å²) in [7, 11) is 0. The highest BCUT2D eigenvalue weighted by atomic mass is 19.1. The summed E-state index contributed by atoms with van der Waals surface area (Å²) in [5.41, 5.74) is 9.15. The number of hydrogen-bond donors (Lipinski definition) is 1. The van der Waals surface area contributed by atoms with E-state index in [1.807, 2.05) is 6.07 Å². The van der Waals surface area contributed by atoms with Gasteiger partial charge in [0.1, 0.15) is 17.7 Å². The number of halogens is 1. The van der Waals surface area contributed by atoms with Gasteiger partial charge in [-0.15, -0.1) is 0 Å². The number of aromatic nitrogens is 2. The third-order valence-electron chi connectivity index (χ3n) is 5.58. The van der Waals surface area contributed by atoms with Crippen LogP contribution in [0.25, 0.3) is 10.9 Å². The molecule has 1 amide bonds. The van der Waals surface area contributed by atoms with Crippen LogP contribution in [0.2, 0.25) is 0 Å². The van der Waals surface area contributed by atoms with Gasteiger partial charge in [0.25, 0.3) is 5.91 Å². The Morgan fingerprint density at radius 2 is 2.10 bits per heavy atom. The van der Waals surface area contributed by atoms with E-state index >= 15 is 0 Å². The van der Waals surface area contributed by atoms with Crippen molar-refractivity contribution in [1.82, 2.24) is 14.9 Å². The SMILES string of the molecule is N#Cc1ccc(CN(C(=O)c2cc3c4c(c(N)nc3cc2F)COC4)C2CC2)nc1. The van der Waals surface area contributed by atoms with Gasteiger partial charge in [0, 0.05) is 29.3 Å². The quantitative estimate of drug-likeness (QED) is 0.718. The molecule has 2 N–H and O–H groups in total.